The van der Waals surface area contributed by atoms with Gasteiger partial charge in [-0.1, -0.05) is 30.3 Å². The number of hydrogen-bond donors (Lipinski definition) is 3. The van der Waals surface area contributed by atoms with Crippen LogP contribution in [0.2, 0.25) is 0 Å². The molecule has 0 unspecified atom stereocenters. The molecule has 0 aliphatic rings. The van der Waals surface area contributed by atoms with Crippen LogP contribution in [0, 0.1) is 0 Å². The number of aromatic hydroxyl groups is 1. The van der Waals surface area contributed by atoms with Gasteiger partial charge in [0.25, 0.3) is 5.56 Å². The number of benzene rings is 1. The van der Waals surface area contributed by atoms with Gasteiger partial charge in [0.1, 0.15) is 10.6 Å². The molecule has 0 atom stereocenters. The molecule has 8 nitrogen and oxygen atoms in total. The summed E-state index contributed by atoms with van der Waals surface area (Å²) in [5.41, 5.74) is -0.697. The van der Waals surface area contributed by atoms with Crippen molar-refractivity contribution in [3.8, 4) is 16.3 Å². The third-order valence-corrected chi connectivity index (χ3v) is 4.63. The number of rotatable bonds is 5. The SMILES string of the molecule is CCOC(=O)c1cc(-c2ccccc2)sc1N=Cc1c(O)[nH]c(=O)[nH]c1=O. The van der Waals surface area contributed by atoms with Crippen LogP contribution in [0.1, 0.15) is 22.8 Å². The Hall–Kier alpha value is -3.46. The fourth-order valence-corrected chi connectivity index (χ4v) is 3.30. The molecule has 3 N–H and O–H groups in total. The molecule has 9 heteroatoms. The first-order valence-corrected chi connectivity index (χ1v) is 8.77. The molecule has 138 valence electrons. The number of H-pyrrole nitrogens is 2. The molecule has 0 bridgehead atoms. The second kappa shape index (κ2) is 7.83. The molecule has 0 radical (unpaired) electrons. The van der Waals surface area contributed by atoms with Crippen LogP contribution < -0.4 is 11.2 Å². The van der Waals surface area contributed by atoms with Crippen LogP contribution >= 0.6 is 11.3 Å². The average Bonchev–Trinajstić information content (AvgIpc) is 3.06. The van der Waals surface area contributed by atoms with E-state index in [1.807, 2.05) is 35.3 Å². The predicted octanol–water partition coefficient (Wildman–Crippen LogP) is 2.42. The zero-order valence-corrected chi connectivity index (χ0v) is 15.0. The van der Waals surface area contributed by atoms with Crippen molar-refractivity contribution in [2.75, 3.05) is 6.61 Å². The Kier molecular flexibility index (Phi) is 5.32. The lowest BCUT2D eigenvalue weighted by Gasteiger charge is -2.00. The highest BCUT2D eigenvalue weighted by molar-refractivity contribution is 7.19. The number of nitrogens with zero attached hydrogens (tertiary/aromatic N) is 1. The number of ether oxygens (including phenoxy) is 1. The molecule has 27 heavy (non-hydrogen) atoms. The van der Waals surface area contributed by atoms with Crippen LogP contribution in [0.3, 0.4) is 0 Å². The predicted molar refractivity (Wildman–Crippen MR) is 102 cm³/mol. The molecule has 0 saturated carbocycles. The van der Waals surface area contributed by atoms with Crippen molar-refractivity contribution in [1.29, 1.82) is 0 Å². The first kappa shape index (κ1) is 18.3. The lowest BCUT2D eigenvalue weighted by Crippen LogP contribution is -2.24. The van der Waals surface area contributed by atoms with E-state index in [2.05, 4.69) is 9.98 Å². The number of thiophene rings is 1. The van der Waals surface area contributed by atoms with Crippen molar-refractivity contribution < 1.29 is 14.6 Å². The molecule has 3 aromatic rings. The Bertz CT molecular complexity index is 1110. The molecule has 0 aliphatic carbocycles. The van der Waals surface area contributed by atoms with E-state index < -0.39 is 23.1 Å². The van der Waals surface area contributed by atoms with Crippen LogP contribution in [-0.2, 0) is 4.74 Å². The van der Waals surface area contributed by atoms with Gasteiger partial charge in [-0.15, -0.1) is 11.3 Å². The highest BCUT2D eigenvalue weighted by Crippen LogP contribution is 2.37. The van der Waals surface area contributed by atoms with Crippen molar-refractivity contribution in [1.82, 2.24) is 9.97 Å². The zero-order chi connectivity index (χ0) is 19.4. The van der Waals surface area contributed by atoms with E-state index in [-0.39, 0.29) is 17.7 Å². The fourth-order valence-electron chi connectivity index (χ4n) is 2.30. The summed E-state index contributed by atoms with van der Waals surface area (Å²) >= 11 is 1.24. The van der Waals surface area contributed by atoms with Crippen molar-refractivity contribution >= 4 is 28.5 Å². The molecule has 3 rings (SSSR count). The highest BCUT2D eigenvalue weighted by Gasteiger charge is 2.18. The van der Waals surface area contributed by atoms with Gasteiger partial charge in [0.2, 0.25) is 5.88 Å². The molecule has 2 heterocycles. The van der Waals surface area contributed by atoms with Gasteiger partial charge < -0.3 is 9.84 Å². The summed E-state index contributed by atoms with van der Waals surface area (Å²) in [7, 11) is 0. The van der Waals surface area contributed by atoms with Crippen molar-refractivity contribution in [3.05, 3.63) is 68.4 Å². The zero-order valence-electron chi connectivity index (χ0n) is 14.2. The molecule has 0 spiro atoms. The summed E-state index contributed by atoms with van der Waals surface area (Å²) in [5.74, 6) is -1.15. The van der Waals surface area contributed by atoms with Gasteiger partial charge in [-0.05, 0) is 18.6 Å². The van der Waals surface area contributed by atoms with E-state index in [0.717, 1.165) is 16.7 Å². The fraction of sp³-hybridized carbons (Fsp3) is 0.111. The smallest absolute Gasteiger partial charge is 0.341 e. The average molecular weight is 385 g/mol. The van der Waals surface area contributed by atoms with E-state index in [0.29, 0.717) is 5.00 Å². The normalized spacial score (nSPS) is 11.0. The maximum atomic E-state index is 12.2. The van der Waals surface area contributed by atoms with Crippen LogP contribution in [0.5, 0.6) is 5.88 Å². The van der Waals surface area contributed by atoms with Gasteiger partial charge in [0, 0.05) is 11.1 Å². The standard InChI is InChI=1S/C18H15N3O5S/c1-2-26-17(24)11-8-13(10-6-4-3-5-7-10)27-16(11)19-9-12-14(22)20-18(25)21-15(12)23/h3-9H,2H2,1H3,(H3,20,21,22,23,25). The summed E-state index contributed by atoms with van der Waals surface area (Å²) in [6.07, 6.45) is 1.09. The van der Waals surface area contributed by atoms with E-state index >= 15 is 0 Å². The van der Waals surface area contributed by atoms with E-state index in [9.17, 15) is 19.5 Å². The van der Waals surface area contributed by atoms with E-state index in [1.165, 1.54) is 11.3 Å². The van der Waals surface area contributed by atoms with Gasteiger partial charge in [0.05, 0.1) is 12.2 Å². The third-order valence-electron chi connectivity index (χ3n) is 3.54. The molecule has 0 fully saturated rings. The molecule has 0 aliphatic heterocycles. The number of hydrogen-bond acceptors (Lipinski definition) is 7. The molecule has 0 amide bonds. The van der Waals surface area contributed by atoms with Crippen LogP contribution in [0.15, 0.2) is 51.0 Å². The first-order valence-electron chi connectivity index (χ1n) is 7.95. The monoisotopic (exact) mass is 385 g/mol. The highest BCUT2D eigenvalue weighted by atomic mass is 32.1. The van der Waals surface area contributed by atoms with Gasteiger partial charge in [0.15, 0.2) is 0 Å². The van der Waals surface area contributed by atoms with E-state index in [1.54, 1.807) is 13.0 Å². The van der Waals surface area contributed by atoms with Gasteiger partial charge >= 0.3 is 11.7 Å². The number of carbonyl (C=O) groups excluding carboxylic acids is 1. The first-order chi connectivity index (χ1) is 13.0. The number of nitrogens with one attached hydrogen (secondary N) is 2. The summed E-state index contributed by atoms with van der Waals surface area (Å²) in [6.45, 7) is 1.90. The topological polar surface area (TPSA) is 125 Å². The minimum absolute atomic E-state index is 0.207. The summed E-state index contributed by atoms with van der Waals surface area (Å²) in [6, 6.07) is 11.1. The van der Waals surface area contributed by atoms with Gasteiger partial charge in [-0.2, -0.15) is 0 Å². The van der Waals surface area contributed by atoms with Crippen molar-refractivity contribution in [3.63, 3.8) is 0 Å². The lowest BCUT2D eigenvalue weighted by atomic mass is 10.1. The van der Waals surface area contributed by atoms with Crippen LogP contribution in [0.25, 0.3) is 10.4 Å². The van der Waals surface area contributed by atoms with Crippen LogP contribution in [-0.4, -0.2) is 33.9 Å². The van der Waals surface area contributed by atoms with Crippen molar-refractivity contribution in [2.45, 2.75) is 6.92 Å². The largest absolute Gasteiger partial charge is 0.494 e. The Morgan fingerprint density at radius 1 is 1.26 bits per heavy atom. The Morgan fingerprint density at radius 3 is 2.67 bits per heavy atom. The van der Waals surface area contributed by atoms with Crippen LogP contribution in [0.4, 0.5) is 5.00 Å². The molecule has 0 saturated heterocycles. The van der Waals surface area contributed by atoms with Gasteiger partial charge in [-0.25, -0.2) is 14.6 Å². The maximum Gasteiger partial charge on any atom is 0.341 e. The Morgan fingerprint density at radius 2 is 2.00 bits per heavy atom. The molecule has 1 aromatic carbocycles. The second-order valence-corrected chi connectivity index (χ2v) is 6.38. The summed E-state index contributed by atoms with van der Waals surface area (Å²) in [5, 5.41) is 10.1. The van der Waals surface area contributed by atoms with E-state index in [4.69, 9.17) is 4.74 Å². The molecular formula is C18H15N3O5S. The van der Waals surface area contributed by atoms with Gasteiger partial charge in [-0.3, -0.25) is 14.8 Å². The second-order valence-electron chi connectivity index (χ2n) is 5.34. The minimum atomic E-state index is -0.829. The number of esters is 1. The summed E-state index contributed by atoms with van der Waals surface area (Å²) in [4.78, 5) is 44.2. The Labute approximate surface area is 156 Å². The summed E-state index contributed by atoms with van der Waals surface area (Å²) < 4.78 is 5.06. The molecular weight excluding hydrogens is 370 g/mol. The third kappa shape index (κ3) is 4.04. The minimum Gasteiger partial charge on any atom is -0.494 e. The number of aromatic amines is 2. The number of aliphatic imine (C=N–C) groups is 1. The lowest BCUT2D eigenvalue weighted by molar-refractivity contribution is 0.0528. The molecule has 2 aromatic heterocycles. The maximum absolute atomic E-state index is 12.2. The number of aromatic nitrogens is 2. The Balaban J connectivity index is 2.06. The quantitative estimate of drug-likeness (QED) is 0.459. The van der Waals surface area contributed by atoms with Crippen molar-refractivity contribution in [2.24, 2.45) is 4.99 Å². The number of carbonyl (C=O) groups is 1.